The van der Waals surface area contributed by atoms with Crippen LogP contribution >= 0.6 is 0 Å². The molecule has 20 heavy (non-hydrogen) atoms. The van der Waals surface area contributed by atoms with Gasteiger partial charge in [-0.2, -0.15) is 0 Å². The van der Waals surface area contributed by atoms with Crippen LogP contribution in [0.15, 0.2) is 47.5 Å². The number of nitrogens with two attached hydrogens (primary N) is 1. The Bertz CT molecular complexity index is 699. The maximum Gasteiger partial charge on any atom is 0.222 e. The van der Waals surface area contributed by atoms with Gasteiger partial charge in [-0.15, -0.1) is 0 Å². The Labute approximate surface area is 118 Å². The number of rotatable bonds is 5. The monoisotopic (exact) mass is 292 g/mol. The number of benzene rings is 1. The molecule has 0 unspecified atom stereocenters. The number of sulfone groups is 1. The predicted octanol–water partition coefficient (Wildman–Crippen LogP) is 1.78. The molecular formula is C14H16N2O3S. The van der Waals surface area contributed by atoms with Gasteiger partial charge < -0.3 is 10.5 Å². The number of nitrogens with zero attached hydrogens (tertiary/aromatic N) is 1. The van der Waals surface area contributed by atoms with E-state index in [2.05, 4.69) is 4.98 Å². The number of ether oxygens (including phenoxy) is 1. The highest BCUT2D eigenvalue weighted by Gasteiger charge is 2.10. The topological polar surface area (TPSA) is 82.3 Å². The molecule has 0 saturated carbocycles. The van der Waals surface area contributed by atoms with Crippen LogP contribution in [0.1, 0.15) is 5.56 Å². The lowest BCUT2D eigenvalue weighted by Gasteiger charge is -2.09. The van der Waals surface area contributed by atoms with Gasteiger partial charge in [0.1, 0.15) is 5.75 Å². The van der Waals surface area contributed by atoms with E-state index in [9.17, 15) is 8.42 Å². The van der Waals surface area contributed by atoms with Crippen LogP contribution in [0, 0.1) is 0 Å². The van der Waals surface area contributed by atoms with E-state index in [0.717, 1.165) is 11.8 Å². The van der Waals surface area contributed by atoms with Crippen LogP contribution in [-0.4, -0.2) is 26.2 Å². The first-order chi connectivity index (χ1) is 9.50. The molecule has 0 amide bonds. The zero-order valence-corrected chi connectivity index (χ0v) is 11.9. The highest BCUT2D eigenvalue weighted by atomic mass is 32.2. The highest BCUT2D eigenvalue weighted by Crippen LogP contribution is 2.25. The first kappa shape index (κ1) is 14.5. The van der Waals surface area contributed by atoms with E-state index in [1.807, 2.05) is 12.1 Å². The molecular weight excluding hydrogens is 276 g/mol. The second kappa shape index (κ2) is 6.02. The van der Waals surface area contributed by atoms with Crippen LogP contribution in [0.2, 0.25) is 0 Å². The Balaban J connectivity index is 2.31. The Hall–Kier alpha value is -1.92. The molecule has 0 aliphatic carbocycles. The fraction of sp³-hybridized carbons (Fsp3) is 0.214. The maximum atomic E-state index is 11.5. The van der Waals surface area contributed by atoms with Gasteiger partial charge >= 0.3 is 0 Å². The summed E-state index contributed by atoms with van der Waals surface area (Å²) in [5.74, 6) is 0.883. The molecule has 0 atom stereocenters. The fourth-order valence-corrected chi connectivity index (χ4v) is 2.40. The lowest BCUT2D eigenvalue weighted by molar-refractivity contribution is 0.454. The summed E-state index contributed by atoms with van der Waals surface area (Å²) in [6.07, 6.45) is 3.43. The molecule has 0 spiro atoms. The lowest BCUT2D eigenvalue weighted by Crippen LogP contribution is -2.05. The summed E-state index contributed by atoms with van der Waals surface area (Å²) in [6.45, 7) is 0.492. The van der Waals surface area contributed by atoms with Gasteiger partial charge in [0.25, 0.3) is 0 Å². The third-order valence-electron chi connectivity index (χ3n) is 2.71. The third kappa shape index (κ3) is 3.55. The maximum absolute atomic E-state index is 11.5. The van der Waals surface area contributed by atoms with Gasteiger partial charge in [0.2, 0.25) is 5.88 Å². The van der Waals surface area contributed by atoms with Crippen molar-refractivity contribution in [2.45, 2.75) is 11.3 Å². The summed E-state index contributed by atoms with van der Waals surface area (Å²) in [4.78, 5) is 4.37. The van der Waals surface area contributed by atoms with E-state index >= 15 is 0 Å². The molecule has 0 saturated heterocycles. The van der Waals surface area contributed by atoms with E-state index in [-0.39, 0.29) is 4.90 Å². The van der Waals surface area contributed by atoms with Crippen LogP contribution in [-0.2, 0) is 16.3 Å². The third-order valence-corrected chi connectivity index (χ3v) is 3.82. The molecule has 0 aliphatic rings. The number of aromatic nitrogens is 1. The summed E-state index contributed by atoms with van der Waals surface area (Å²) in [6, 6.07) is 10.0. The van der Waals surface area contributed by atoms with E-state index in [1.54, 1.807) is 18.3 Å². The molecule has 1 aromatic heterocycles. The van der Waals surface area contributed by atoms with Gasteiger partial charge in [0.15, 0.2) is 9.84 Å². The summed E-state index contributed by atoms with van der Waals surface area (Å²) >= 11 is 0. The first-order valence-electron chi connectivity index (χ1n) is 6.12. The molecule has 0 radical (unpaired) electrons. The molecule has 6 heteroatoms. The number of hydrogen-bond acceptors (Lipinski definition) is 5. The second-order valence-corrected chi connectivity index (χ2v) is 6.37. The van der Waals surface area contributed by atoms with Crippen LogP contribution in [0.3, 0.4) is 0 Å². The predicted molar refractivity (Wildman–Crippen MR) is 76.6 cm³/mol. The van der Waals surface area contributed by atoms with E-state index in [1.165, 1.54) is 12.1 Å². The van der Waals surface area contributed by atoms with Crippen LogP contribution in [0.5, 0.6) is 11.6 Å². The largest absolute Gasteiger partial charge is 0.439 e. The normalized spacial score (nSPS) is 11.3. The fourth-order valence-electron chi connectivity index (χ4n) is 1.74. The average molecular weight is 292 g/mol. The molecule has 2 rings (SSSR count). The van der Waals surface area contributed by atoms with Crippen LogP contribution in [0.4, 0.5) is 0 Å². The van der Waals surface area contributed by atoms with Gasteiger partial charge in [-0.1, -0.05) is 12.1 Å². The molecule has 5 nitrogen and oxygen atoms in total. The summed E-state index contributed by atoms with van der Waals surface area (Å²) < 4.78 is 28.7. The zero-order chi connectivity index (χ0) is 14.6. The van der Waals surface area contributed by atoms with Crippen LogP contribution < -0.4 is 10.5 Å². The summed E-state index contributed by atoms with van der Waals surface area (Å²) in [7, 11) is -3.26. The van der Waals surface area contributed by atoms with Crippen molar-refractivity contribution in [3.8, 4) is 11.6 Å². The Kier molecular flexibility index (Phi) is 4.36. The van der Waals surface area contributed by atoms with Gasteiger partial charge in [0.05, 0.1) is 4.90 Å². The van der Waals surface area contributed by atoms with E-state index < -0.39 is 9.84 Å². The molecule has 0 bridgehead atoms. The van der Waals surface area contributed by atoms with Crippen LogP contribution in [0.25, 0.3) is 0 Å². The number of pyridine rings is 1. The van der Waals surface area contributed by atoms with Gasteiger partial charge in [0, 0.05) is 18.0 Å². The SMILES string of the molecule is CS(=O)(=O)c1cccc(Oc2ncccc2CCN)c1. The minimum absolute atomic E-state index is 0.214. The van der Waals surface area contributed by atoms with Gasteiger partial charge in [-0.05, 0) is 37.2 Å². The quantitative estimate of drug-likeness (QED) is 0.908. The van der Waals surface area contributed by atoms with E-state index in [0.29, 0.717) is 24.6 Å². The average Bonchev–Trinajstić information content (AvgIpc) is 2.41. The first-order valence-corrected chi connectivity index (χ1v) is 8.02. The minimum Gasteiger partial charge on any atom is -0.439 e. The Morgan fingerprint density at radius 3 is 2.75 bits per heavy atom. The summed E-state index contributed by atoms with van der Waals surface area (Å²) in [5.41, 5.74) is 6.43. The van der Waals surface area contributed by atoms with Crippen molar-refractivity contribution in [2.75, 3.05) is 12.8 Å². The molecule has 2 aromatic rings. The Morgan fingerprint density at radius 2 is 2.05 bits per heavy atom. The van der Waals surface area contributed by atoms with Crippen molar-refractivity contribution in [3.63, 3.8) is 0 Å². The zero-order valence-electron chi connectivity index (χ0n) is 11.1. The van der Waals surface area contributed by atoms with Crippen molar-refractivity contribution in [2.24, 2.45) is 5.73 Å². The van der Waals surface area contributed by atoms with E-state index in [4.69, 9.17) is 10.5 Å². The van der Waals surface area contributed by atoms with Crippen molar-refractivity contribution >= 4 is 9.84 Å². The van der Waals surface area contributed by atoms with Crippen molar-refractivity contribution < 1.29 is 13.2 Å². The lowest BCUT2D eigenvalue weighted by atomic mass is 10.2. The number of hydrogen-bond donors (Lipinski definition) is 1. The molecule has 2 N–H and O–H groups in total. The smallest absolute Gasteiger partial charge is 0.222 e. The standard InChI is InChI=1S/C14H16N2O3S/c1-20(17,18)13-6-2-5-12(10-13)19-14-11(7-8-15)4-3-9-16-14/h2-6,9-10H,7-8,15H2,1H3. The molecule has 0 aliphatic heterocycles. The van der Waals surface area contributed by atoms with Gasteiger partial charge in [-0.3, -0.25) is 0 Å². The Morgan fingerprint density at radius 1 is 1.25 bits per heavy atom. The van der Waals surface area contributed by atoms with Crippen molar-refractivity contribution in [1.29, 1.82) is 0 Å². The molecule has 106 valence electrons. The molecule has 0 fully saturated rings. The minimum atomic E-state index is -3.26. The second-order valence-electron chi connectivity index (χ2n) is 4.36. The van der Waals surface area contributed by atoms with Gasteiger partial charge in [-0.25, -0.2) is 13.4 Å². The highest BCUT2D eigenvalue weighted by molar-refractivity contribution is 7.90. The van der Waals surface area contributed by atoms with Crippen molar-refractivity contribution in [1.82, 2.24) is 4.98 Å². The molecule has 1 heterocycles. The van der Waals surface area contributed by atoms with Crippen molar-refractivity contribution in [3.05, 3.63) is 48.2 Å². The summed E-state index contributed by atoms with van der Waals surface area (Å²) in [5, 5.41) is 0. The molecule has 1 aromatic carbocycles.